The van der Waals surface area contributed by atoms with Crippen LogP contribution < -0.4 is 5.32 Å². The van der Waals surface area contributed by atoms with Crippen molar-refractivity contribution >= 4 is 11.7 Å². The Kier molecular flexibility index (Phi) is 3.31. The summed E-state index contributed by atoms with van der Waals surface area (Å²) < 4.78 is 7.38. The Labute approximate surface area is 150 Å². The van der Waals surface area contributed by atoms with E-state index in [1.165, 1.54) is 0 Å². The van der Waals surface area contributed by atoms with Crippen LogP contribution in [0.4, 0.5) is 5.95 Å². The van der Waals surface area contributed by atoms with E-state index in [1.54, 1.807) is 6.26 Å². The largest absolute Gasteiger partial charge is 0.469 e. The van der Waals surface area contributed by atoms with Crippen LogP contribution in [0.25, 0.3) is 0 Å². The SMILES string of the molecule is Cc1nc2n(n1)[C@@H](c1ccccc1)C1=C(C[C@H](c3ccco3)CC1=O)N2. The zero-order valence-electron chi connectivity index (χ0n) is 14.3. The van der Waals surface area contributed by atoms with E-state index in [-0.39, 0.29) is 17.7 Å². The van der Waals surface area contributed by atoms with Crippen molar-refractivity contribution in [3.05, 3.63) is 77.1 Å². The van der Waals surface area contributed by atoms with Gasteiger partial charge in [0.25, 0.3) is 0 Å². The molecule has 6 heteroatoms. The van der Waals surface area contributed by atoms with Crippen LogP contribution in [0, 0.1) is 6.92 Å². The summed E-state index contributed by atoms with van der Waals surface area (Å²) in [7, 11) is 0. The Bertz CT molecular complexity index is 1000. The molecule has 1 N–H and O–H groups in total. The molecule has 1 aromatic carbocycles. The first-order valence-corrected chi connectivity index (χ1v) is 8.75. The number of aryl methyl sites for hydroxylation is 1. The molecule has 0 spiro atoms. The van der Waals surface area contributed by atoms with Gasteiger partial charge in [0.2, 0.25) is 5.95 Å². The van der Waals surface area contributed by atoms with Crippen molar-refractivity contribution in [2.24, 2.45) is 0 Å². The third-order valence-electron chi connectivity index (χ3n) is 5.09. The molecule has 0 saturated heterocycles. The van der Waals surface area contributed by atoms with Crippen LogP contribution in [0.5, 0.6) is 0 Å². The number of allylic oxidation sites excluding steroid dienone is 2. The van der Waals surface area contributed by atoms with E-state index in [9.17, 15) is 4.79 Å². The molecule has 0 bridgehead atoms. The Morgan fingerprint density at radius 2 is 2.00 bits per heavy atom. The van der Waals surface area contributed by atoms with Gasteiger partial charge in [0.05, 0.1) is 6.26 Å². The highest BCUT2D eigenvalue weighted by atomic mass is 16.3. The quantitative estimate of drug-likeness (QED) is 0.767. The van der Waals surface area contributed by atoms with Gasteiger partial charge in [0, 0.05) is 23.6 Å². The number of nitrogens with zero attached hydrogens (tertiary/aromatic N) is 3. The van der Waals surface area contributed by atoms with Crippen LogP contribution in [-0.4, -0.2) is 20.5 Å². The number of anilines is 1. The number of benzene rings is 1. The van der Waals surface area contributed by atoms with Gasteiger partial charge < -0.3 is 9.73 Å². The predicted octanol–water partition coefficient (Wildman–Crippen LogP) is 3.60. The molecule has 2 aromatic heterocycles. The highest BCUT2D eigenvalue weighted by molar-refractivity contribution is 6.00. The zero-order valence-corrected chi connectivity index (χ0v) is 14.3. The lowest BCUT2D eigenvalue weighted by Gasteiger charge is -2.34. The maximum atomic E-state index is 13.1. The summed E-state index contributed by atoms with van der Waals surface area (Å²) in [5.41, 5.74) is 2.75. The predicted molar refractivity (Wildman–Crippen MR) is 95.7 cm³/mol. The van der Waals surface area contributed by atoms with Crippen LogP contribution >= 0.6 is 0 Å². The molecule has 0 unspecified atom stereocenters. The summed E-state index contributed by atoms with van der Waals surface area (Å²) >= 11 is 0. The van der Waals surface area contributed by atoms with Gasteiger partial charge in [-0.15, -0.1) is 0 Å². The van der Waals surface area contributed by atoms with E-state index in [1.807, 2.05) is 54.1 Å². The summed E-state index contributed by atoms with van der Waals surface area (Å²) in [5, 5.41) is 7.89. The summed E-state index contributed by atoms with van der Waals surface area (Å²) in [6.07, 6.45) is 2.83. The monoisotopic (exact) mass is 346 g/mol. The average molecular weight is 346 g/mol. The van der Waals surface area contributed by atoms with Crippen LogP contribution in [-0.2, 0) is 4.79 Å². The minimum atomic E-state index is -0.242. The summed E-state index contributed by atoms with van der Waals surface area (Å²) in [4.78, 5) is 17.6. The molecule has 0 amide bonds. The number of rotatable bonds is 2. The van der Waals surface area contributed by atoms with E-state index in [2.05, 4.69) is 15.4 Å². The van der Waals surface area contributed by atoms with E-state index in [4.69, 9.17) is 4.42 Å². The fourth-order valence-corrected chi connectivity index (χ4v) is 3.99. The second-order valence-electron chi connectivity index (χ2n) is 6.80. The molecular weight excluding hydrogens is 328 g/mol. The van der Waals surface area contributed by atoms with Crippen molar-refractivity contribution in [3.63, 3.8) is 0 Å². The number of carbonyl (C=O) groups excluding carboxylic acids is 1. The smallest absolute Gasteiger partial charge is 0.226 e. The van der Waals surface area contributed by atoms with Crippen molar-refractivity contribution in [3.8, 4) is 0 Å². The summed E-state index contributed by atoms with van der Waals surface area (Å²) in [6.45, 7) is 1.86. The Morgan fingerprint density at radius 1 is 1.15 bits per heavy atom. The third-order valence-corrected chi connectivity index (χ3v) is 5.09. The van der Waals surface area contributed by atoms with E-state index in [0.29, 0.717) is 18.2 Å². The minimum absolute atomic E-state index is 0.0516. The third kappa shape index (κ3) is 2.29. The number of fused-ring (bicyclic) bond motifs is 1. The number of hydrogen-bond acceptors (Lipinski definition) is 5. The molecule has 1 aliphatic carbocycles. The molecule has 6 nitrogen and oxygen atoms in total. The molecule has 0 radical (unpaired) electrons. The van der Waals surface area contributed by atoms with Crippen molar-refractivity contribution in [2.75, 3.05) is 5.32 Å². The van der Waals surface area contributed by atoms with Gasteiger partial charge in [-0.25, -0.2) is 4.68 Å². The first kappa shape index (κ1) is 15.1. The van der Waals surface area contributed by atoms with Gasteiger partial charge in [-0.05, 0) is 31.0 Å². The molecule has 26 heavy (non-hydrogen) atoms. The molecule has 0 fully saturated rings. The number of ketones is 1. The molecule has 1 aliphatic heterocycles. The minimum Gasteiger partial charge on any atom is -0.469 e. The topological polar surface area (TPSA) is 73.0 Å². The van der Waals surface area contributed by atoms with Crippen molar-refractivity contribution in [1.29, 1.82) is 0 Å². The Hall–Kier alpha value is -3.15. The van der Waals surface area contributed by atoms with Gasteiger partial charge in [-0.2, -0.15) is 10.1 Å². The standard InChI is InChI=1S/C20H18N4O2/c1-12-21-20-22-15-10-14(17-8-5-9-26-17)11-16(25)18(15)19(24(20)23-12)13-6-3-2-4-7-13/h2-9,14,19H,10-11H2,1H3,(H,21,22,23)/t14-,19-/m0/s1. The van der Waals surface area contributed by atoms with Gasteiger partial charge in [0.15, 0.2) is 5.78 Å². The molecular formula is C20H18N4O2. The molecule has 2 aliphatic rings. The first-order chi connectivity index (χ1) is 12.7. The molecule has 3 aromatic rings. The maximum absolute atomic E-state index is 13.1. The number of Topliss-reactive ketones (excluding diaryl/α,β-unsaturated/α-hetero) is 1. The van der Waals surface area contributed by atoms with Gasteiger partial charge >= 0.3 is 0 Å². The number of nitrogens with one attached hydrogen (secondary N) is 1. The molecule has 2 atom stereocenters. The van der Waals surface area contributed by atoms with E-state index in [0.717, 1.165) is 29.0 Å². The van der Waals surface area contributed by atoms with Crippen LogP contribution in [0.15, 0.2) is 64.4 Å². The first-order valence-electron chi connectivity index (χ1n) is 8.75. The lowest BCUT2D eigenvalue weighted by Crippen LogP contribution is -2.33. The van der Waals surface area contributed by atoms with Crippen molar-refractivity contribution in [1.82, 2.24) is 14.8 Å². The fraction of sp³-hybridized carbons (Fsp3) is 0.250. The molecule has 130 valence electrons. The highest BCUT2D eigenvalue weighted by Gasteiger charge is 2.40. The molecule has 3 heterocycles. The van der Waals surface area contributed by atoms with Crippen molar-refractivity contribution in [2.45, 2.75) is 31.7 Å². The van der Waals surface area contributed by atoms with E-state index >= 15 is 0 Å². The van der Waals surface area contributed by atoms with E-state index < -0.39 is 0 Å². The van der Waals surface area contributed by atoms with Crippen molar-refractivity contribution < 1.29 is 9.21 Å². The Balaban J connectivity index is 1.64. The second kappa shape index (κ2) is 5.69. The summed E-state index contributed by atoms with van der Waals surface area (Å²) in [6, 6.07) is 13.6. The molecule has 5 rings (SSSR count). The van der Waals surface area contributed by atoms with Crippen LogP contribution in [0.1, 0.15) is 41.9 Å². The lowest BCUT2D eigenvalue weighted by atomic mass is 9.79. The number of carbonyl (C=O) groups is 1. The number of hydrogen-bond donors (Lipinski definition) is 1. The normalized spacial score (nSPS) is 22.0. The van der Waals surface area contributed by atoms with Crippen LogP contribution in [0.2, 0.25) is 0 Å². The van der Waals surface area contributed by atoms with Gasteiger partial charge in [-0.1, -0.05) is 30.3 Å². The second-order valence-corrected chi connectivity index (χ2v) is 6.80. The van der Waals surface area contributed by atoms with Gasteiger partial charge in [0.1, 0.15) is 17.6 Å². The molecule has 0 saturated carbocycles. The maximum Gasteiger partial charge on any atom is 0.226 e. The fourth-order valence-electron chi connectivity index (χ4n) is 3.99. The number of furan rings is 1. The average Bonchev–Trinajstić information content (AvgIpc) is 3.29. The highest BCUT2D eigenvalue weighted by Crippen LogP contribution is 2.43. The summed E-state index contributed by atoms with van der Waals surface area (Å²) in [5.74, 6) is 2.40. The lowest BCUT2D eigenvalue weighted by molar-refractivity contribution is -0.117. The Morgan fingerprint density at radius 3 is 2.77 bits per heavy atom. The van der Waals surface area contributed by atoms with Crippen LogP contribution in [0.3, 0.4) is 0 Å². The van der Waals surface area contributed by atoms with Gasteiger partial charge in [-0.3, -0.25) is 4.79 Å². The zero-order chi connectivity index (χ0) is 17.7. The number of aromatic nitrogens is 3.